The predicted octanol–water partition coefficient (Wildman–Crippen LogP) is 2.89. The SMILES string of the molecule is CC(C)C[C@@H]1NC(=O)CN(C(=O)c2ccccc2F)CCN(C)C(=O)[C@H](C)NC(=O)CN(C)C(=O)[C@@H](Cc2c[nH]c3ccccc23)NC(=O)c2csc1n2. The number of nitrogens with zero attached hydrogens (tertiary/aromatic N) is 4. The number of para-hydroxylation sites is 1. The fourth-order valence-electron chi connectivity index (χ4n) is 6.29. The van der Waals surface area contributed by atoms with Crippen molar-refractivity contribution in [3.63, 3.8) is 0 Å². The van der Waals surface area contributed by atoms with E-state index in [1.165, 1.54) is 49.0 Å². The van der Waals surface area contributed by atoms with Crippen LogP contribution in [0.25, 0.3) is 10.9 Å². The molecule has 3 heterocycles. The normalized spacial score (nSPS) is 20.1. The van der Waals surface area contributed by atoms with Crippen LogP contribution in [0.1, 0.15) is 64.7 Å². The van der Waals surface area contributed by atoms with E-state index in [1.54, 1.807) is 11.6 Å². The predicted molar refractivity (Wildman–Crippen MR) is 201 cm³/mol. The number of hydrogen-bond donors (Lipinski definition) is 4. The molecule has 6 amide bonds. The highest BCUT2D eigenvalue weighted by Crippen LogP contribution is 2.26. The lowest BCUT2D eigenvalue weighted by molar-refractivity contribution is -0.138. The van der Waals surface area contributed by atoms with Gasteiger partial charge in [-0.15, -0.1) is 11.3 Å². The van der Waals surface area contributed by atoms with E-state index in [4.69, 9.17) is 0 Å². The number of aromatic nitrogens is 2. The summed E-state index contributed by atoms with van der Waals surface area (Å²) in [6.45, 7) is 4.38. The summed E-state index contributed by atoms with van der Waals surface area (Å²) in [6.07, 6.45) is 2.32. The van der Waals surface area contributed by atoms with Crippen molar-refractivity contribution in [1.29, 1.82) is 0 Å². The Morgan fingerprint density at radius 3 is 2.33 bits per heavy atom. The second kappa shape index (κ2) is 17.5. The average molecular weight is 761 g/mol. The third-order valence-electron chi connectivity index (χ3n) is 9.11. The standard InChI is InChI=1S/C38H45FN8O6S/c1-22(2)16-29-35-44-31(21-54-35)34(50)43-30(17-24-18-40-28-13-9-7-10-25(24)28)38(53)46(5)19-32(48)41-23(3)36(51)45(4)14-15-47(20-33(49)42-29)37(52)26-11-6-8-12-27(26)39/h6-13,18,21-23,29-30,40H,14-17,19-20H2,1-5H3,(H,41,48)(H,42,49)(H,43,50)/t23-,29-,30+/m0/s1. The molecule has 5 rings (SSSR count). The third-order valence-corrected chi connectivity index (χ3v) is 10.1. The van der Waals surface area contributed by atoms with Gasteiger partial charge in [0.25, 0.3) is 11.8 Å². The number of likely N-dealkylation sites (N-methyl/N-ethyl adjacent to an activating group) is 2. The first-order valence-electron chi connectivity index (χ1n) is 17.7. The number of aromatic amines is 1. The summed E-state index contributed by atoms with van der Waals surface area (Å²) >= 11 is 1.16. The summed E-state index contributed by atoms with van der Waals surface area (Å²) < 4.78 is 14.7. The fourth-order valence-corrected chi connectivity index (χ4v) is 7.15. The molecule has 4 aromatic rings. The molecule has 0 radical (unpaired) electrons. The van der Waals surface area contributed by atoms with Gasteiger partial charge in [-0.1, -0.05) is 44.2 Å². The Kier molecular flexibility index (Phi) is 12.8. The number of fused-ring (bicyclic) bond motifs is 3. The van der Waals surface area contributed by atoms with Gasteiger partial charge in [-0.05, 0) is 43.0 Å². The Balaban J connectivity index is 1.47. The first-order chi connectivity index (χ1) is 25.7. The zero-order valence-electron chi connectivity index (χ0n) is 30.9. The molecule has 1 aliphatic rings. The monoisotopic (exact) mass is 760 g/mol. The van der Waals surface area contributed by atoms with Crippen molar-refractivity contribution >= 4 is 57.7 Å². The van der Waals surface area contributed by atoms with Gasteiger partial charge >= 0.3 is 0 Å². The van der Waals surface area contributed by atoms with Gasteiger partial charge in [-0.2, -0.15) is 0 Å². The quantitative estimate of drug-likeness (QED) is 0.242. The van der Waals surface area contributed by atoms with Crippen LogP contribution in [0.5, 0.6) is 0 Å². The molecule has 0 aliphatic carbocycles. The Morgan fingerprint density at radius 2 is 1.59 bits per heavy atom. The molecule has 0 unspecified atom stereocenters. The second-order valence-corrected chi connectivity index (χ2v) is 14.7. The molecular formula is C38H45FN8O6S. The van der Waals surface area contributed by atoms with E-state index in [1.807, 2.05) is 38.1 Å². The van der Waals surface area contributed by atoms with E-state index in [-0.39, 0.29) is 36.7 Å². The van der Waals surface area contributed by atoms with Crippen molar-refractivity contribution in [1.82, 2.24) is 40.6 Å². The van der Waals surface area contributed by atoms with Gasteiger partial charge in [0.1, 0.15) is 28.6 Å². The van der Waals surface area contributed by atoms with E-state index in [9.17, 15) is 33.2 Å². The van der Waals surface area contributed by atoms with E-state index in [0.29, 0.717) is 11.4 Å². The smallest absolute Gasteiger partial charge is 0.271 e. The summed E-state index contributed by atoms with van der Waals surface area (Å²) in [7, 11) is 2.92. The van der Waals surface area contributed by atoms with Gasteiger partial charge in [-0.3, -0.25) is 28.8 Å². The largest absolute Gasteiger partial charge is 0.361 e. The lowest BCUT2D eigenvalue weighted by Crippen LogP contribution is -2.53. The van der Waals surface area contributed by atoms with Crippen LogP contribution in [-0.4, -0.2) is 112 Å². The van der Waals surface area contributed by atoms with Crippen LogP contribution in [0.4, 0.5) is 4.39 Å². The number of nitrogens with one attached hydrogen (secondary N) is 4. The molecule has 4 N–H and O–H groups in total. The Hall–Kier alpha value is -5.64. The lowest BCUT2D eigenvalue weighted by atomic mass is 10.0. The minimum absolute atomic E-state index is 0.0350. The number of thiazole rings is 1. The van der Waals surface area contributed by atoms with Gasteiger partial charge in [0, 0.05) is 56.1 Å². The highest BCUT2D eigenvalue weighted by Gasteiger charge is 2.31. The van der Waals surface area contributed by atoms with Gasteiger partial charge < -0.3 is 35.6 Å². The number of amides is 6. The van der Waals surface area contributed by atoms with Crippen LogP contribution < -0.4 is 16.0 Å². The Bertz CT molecular complexity index is 2030. The third kappa shape index (κ3) is 9.66. The molecule has 0 fully saturated rings. The van der Waals surface area contributed by atoms with Crippen molar-refractivity contribution < 1.29 is 33.2 Å². The molecular weight excluding hydrogens is 716 g/mol. The number of rotatable bonds is 5. The van der Waals surface area contributed by atoms with Crippen LogP contribution in [0.3, 0.4) is 0 Å². The number of hydrogen-bond acceptors (Lipinski definition) is 8. The summed E-state index contributed by atoms with van der Waals surface area (Å²) in [5.74, 6) is -4.24. The second-order valence-electron chi connectivity index (χ2n) is 13.9. The van der Waals surface area contributed by atoms with Crippen molar-refractivity contribution in [2.75, 3.05) is 40.3 Å². The number of carbonyl (C=O) groups excluding carboxylic acids is 6. The zero-order valence-corrected chi connectivity index (χ0v) is 31.7. The average Bonchev–Trinajstić information content (AvgIpc) is 3.79. The summed E-state index contributed by atoms with van der Waals surface area (Å²) in [6, 6.07) is 10.2. The molecule has 2 aromatic carbocycles. The molecule has 2 aromatic heterocycles. The van der Waals surface area contributed by atoms with Crippen LogP contribution in [0.15, 0.2) is 60.1 Å². The molecule has 286 valence electrons. The molecule has 54 heavy (non-hydrogen) atoms. The van der Waals surface area contributed by atoms with E-state index >= 15 is 0 Å². The summed E-state index contributed by atoms with van der Waals surface area (Å²) in [4.78, 5) is 92.7. The molecule has 3 atom stereocenters. The molecule has 1 aliphatic heterocycles. The Labute approximate surface area is 316 Å². The number of halogens is 1. The van der Waals surface area contributed by atoms with Crippen LogP contribution in [-0.2, 0) is 25.6 Å². The van der Waals surface area contributed by atoms with Crippen molar-refractivity contribution in [3.8, 4) is 0 Å². The molecule has 2 bridgehead atoms. The minimum atomic E-state index is -1.09. The van der Waals surface area contributed by atoms with Gasteiger partial charge in [0.15, 0.2) is 0 Å². The summed E-state index contributed by atoms with van der Waals surface area (Å²) in [5.41, 5.74) is 1.43. The highest BCUT2D eigenvalue weighted by atomic mass is 32.1. The Morgan fingerprint density at radius 1 is 0.889 bits per heavy atom. The molecule has 14 nitrogen and oxygen atoms in total. The molecule has 16 heteroatoms. The van der Waals surface area contributed by atoms with Gasteiger partial charge in [0.05, 0.1) is 24.7 Å². The topological polar surface area (TPSA) is 177 Å². The van der Waals surface area contributed by atoms with E-state index < -0.39 is 72.5 Å². The fraction of sp³-hybridized carbons (Fsp3) is 0.395. The number of carbonyl (C=O) groups is 6. The highest BCUT2D eigenvalue weighted by molar-refractivity contribution is 7.09. The maximum atomic E-state index is 14.7. The van der Waals surface area contributed by atoms with Crippen LogP contribution >= 0.6 is 11.3 Å². The first-order valence-corrected chi connectivity index (χ1v) is 18.5. The van der Waals surface area contributed by atoms with Crippen molar-refractivity contribution in [3.05, 3.63) is 87.8 Å². The maximum absolute atomic E-state index is 14.7. The van der Waals surface area contributed by atoms with Crippen molar-refractivity contribution in [2.45, 2.75) is 51.7 Å². The summed E-state index contributed by atoms with van der Waals surface area (Å²) in [5, 5.41) is 11.2. The molecule has 0 spiro atoms. The van der Waals surface area contributed by atoms with E-state index in [2.05, 4.69) is 25.9 Å². The molecule has 0 saturated heterocycles. The first kappa shape index (κ1) is 39.6. The van der Waals surface area contributed by atoms with Crippen LogP contribution in [0, 0.1) is 11.7 Å². The molecule has 0 saturated carbocycles. The van der Waals surface area contributed by atoms with Gasteiger partial charge in [0.2, 0.25) is 23.6 Å². The van der Waals surface area contributed by atoms with Crippen molar-refractivity contribution in [2.24, 2.45) is 5.92 Å². The number of H-pyrrole nitrogens is 1. The van der Waals surface area contributed by atoms with Crippen LogP contribution in [0.2, 0.25) is 0 Å². The zero-order chi connectivity index (χ0) is 39.1. The van der Waals surface area contributed by atoms with E-state index in [0.717, 1.165) is 38.8 Å². The maximum Gasteiger partial charge on any atom is 0.271 e. The number of benzene rings is 2. The minimum Gasteiger partial charge on any atom is -0.361 e. The lowest BCUT2D eigenvalue weighted by Gasteiger charge is -2.28. The van der Waals surface area contributed by atoms with Gasteiger partial charge in [-0.25, -0.2) is 9.37 Å².